The number of halogens is 1. The Morgan fingerprint density at radius 2 is 1.38 bits per heavy atom. The lowest BCUT2D eigenvalue weighted by atomic mass is 9.75. The molecule has 2 heterocycles. The first-order valence-electron chi connectivity index (χ1n) is 10.8. The van der Waals surface area contributed by atoms with E-state index in [2.05, 4.69) is 79.8 Å². The molecule has 4 unspecified atom stereocenters. The zero-order valence-electron chi connectivity index (χ0n) is 17.1. The zero-order chi connectivity index (χ0) is 19.9. The summed E-state index contributed by atoms with van der Waals surface area (Å²) in [5.74, 6) is 0.719. The van der Waals surface area contributed by atoms with E-state index in [1.54, 1.807) is 5.56 Å². The van der Waals surface area contributed by atoms with E-state index < -0.39 is 0 Å². The molecule has 0 aromatic heterocycles. The number of benzene rings is 3. The molecule has 2 aliphatic heterocycles. The van der Waals surface area contributed by atoms with Gasteiger partial charge in [0, 0.05) is 33.5 Å². The van der Waals surface area contributed by atoms with Crippen LogP contribution in [0.3, 0.4) is 0 Å². The van der Waals surface area contributed by atoms with Crippen LogP contribution in [0.2, 0.25) is 5.02 Å². The van der Waals surface area contributed by atoms with Crippen molar-refractivity contribution in [1.29, 1.82) is 0 Å². The van der Waals surface area contributed by atoms with Crippen LogP contribution in [0.15, 0.2) is 72.8 Å². The maximum Gasteiger partial charge on any atom is 0.146 e. The van der Waals surface area contributed by atoms with Gasteiger partial charge in [-0.25, -0.2) is 0 Å². The molecule has 1 saturated carbocycles. The van der Waals surface area contributed by atoms with Gasteiger partial charge in [0.15, 0.2) is 0 Å². The van der Waals surface area contributed by atoms with E-state index in [-0.39, 0.29) is 16.5 Å². The lowest BCUT2D eigenvalue weighted by molar-refractivity contribution is -0.783. The monoisotopic (exact) mass is 400 g/mol. The first kappa shape index (κ1) is 17.7. The Hall–Kier alpha value is -2.09. The van der Waals surface area contributed by atoms with Gasteiger partial charge in [-0.05, 0) is 55.9 Å². The van der Waals surface area contributed by atoms with Gasteiger partial charge in [0.05, 0.1) is 0 Å². The van der Waals surface area contributed by atoms with Crippen LogP contribution in [0.25, 0.3) is 0 Å². The molecule has 3 aromatic carbocycles. The largest absolute Gasteiger partial charge is 0.326 e. The van der Waals surface area contributed by atoms with Crippen molar-refractivity contribution in [2.75, 3.05) is 0 Å². The highest BCUT2D eigenvalue weighted by molar-refractivity contribution is 6.30. The Balaban J connectivity index is 1.55. The predicted octanol–water partition coefficient (Wildman–Crippen LogP) is 5.30. The lowest BCUT2D eigenvalue weighted by Gasteiger charge is -2.36. The predicted molar refractivity (Wildman–Crippen MR) is 118 cm³/mol. The zero-order valence-corrected chi connectivity index (χ0v) is 17.8. The lowest BCUT2D eigenvalue weighted by Crippen LogP contribution is -2.99. The number of hydrogen-bond acceptors (Lipinski definition) is 0. The summed E-state index contributed by atoms with van der Waals surface area (Å²) in [6.07, 6.45) is 3.63. The summed E-state index contributed by atoms with van der Waals surface area (Å²) in [5.41, 5.74) is 7.88. The van der Waals surface area contributed by atoms with E-state index in [4.69, 9.17) is 11.6 Å². The third-order valence-electron chi connectivity index (χ3n) is 8.07. The second-order valence-electron chi connectivity index (χ2n) is 9.92. The fourth-order valence-corrected chi connectivity index (χ4v) is 6.88. The van der Waals surface area contributed by atoms with Gasteiger partial charge >= 0.3 is 0 Å². The number of rotatable bonds is 2. The Labute approximate surface area is 178 Å². The summed E-state index contributed by atoms with van der Waals surface area (Å²) < 4.78 is 0. The van der Waals surface area contributed by atoms with Gasteiger partial charge < -0.3 is 5.32 Å². The normalized spacial score (nSPS) is 33.8. The van der Waals surface area contributed by atoms with Crippen molar-refractivity contribution >= 4 is 11.6 Å². The smallest absolute Gasteiger partial charge is 0.146 e. The number of hydrogen-bond donors (Lipinski definition) is 1. The number of quaternary nitrogens is 1. The van der Waals surface area contributed by atoms with E-state index in [0.29, 0.717) is 0 Å². The van der Waals surface area contributed by atoms with Crippen molar-refractivity contribution in [3.05, 3.63) is 106 Å². The average Bonchev–Trinajstić information content (AvgIpc) is 3.33. The van der Waals surface area contributed by atoms with Crippen LogP contribution in [-0.2, 0) is 22.9 Å². The van der Waals surface area contributed by atoms with Crippen molar-refractivity contribution in [3.63, 3.8) is 0 Å². The standard InChI is InChI=1S/C27H26ClN/c1-25-16-19-17-27(19,15-18-11-13-20(28)14-12-18)24-10-6-5-9-23(24)26(2,29-25)22-8-4-3-7-21(22)25/h3-14,19,29H,15-17H2,1-2H3/p+1. The molecule has 3 aliphatic rings. The molecule has 1 fully saturated rings. The summed E-state index contributed by atoms with van der Waals surface area (Å²) in [6.45, 7) is 4.91. The Morgan fingerprint density at radius 1 is 0.793 bits per heavy atom. The van der Waals surface area contributed by atoms with E-state index in [0.717, 1.165) is 17.4 Å². The summed E-state index contributed by atoms with van der Waals surface area (Å²) >= 11 is 6.16. The van der Waals surface area contributed by atoms with E-state index in [1.165, 1.54) is 35.1 Å². The molecule has 146 valence electrons. The Morgan fingerprint density at radius 3 is 2.07 bits per heavy atom. The van der Waals surface area contributed by atoms with E-state index in [1.807, 2.05) is 12.1 Å². The number of nitrogens with two attached hydrogens (primary N) is 1. The van der Waals surface area contributed by atoms with E-state index in [9.17, 15) is 0 Å². The topological polar surface area (TPSA) is 16.6 Å². The summed E-state index contributed by atoms with van der Waals surface area (Å²) in [4.78, 5) is 0. The minimum atomic E-state index is -0.0253. The molecule has 29 heavy (non-hydrogen) atoms. The van der Waals surface area contributed by atoms with Crippen molar-refractivity contribution in [2.24, 2.45) is 5.92 Å². The van der Waals surface area contributed by atoms with Crippen molar-refractivity contribution in [2.45, 2.75) is 49.6 Å². The van der Waals surface area contributed by atoms with Gasteiger partial charge in [0.1, 0.15) is 11.1 Å². The summed E-state index contributed by atoms with van der Waals surface area (Å²) in [5, 5.41) is 3.48. The van der Waals surface area contributed by atoms with Crippen LogP contribution >= 0.6 is 11.6 Å². The molecular weight excluding hydrogens is 374 g/mol. The van der Waals surface area contributed by atoms with Gasteiger partial charge in [0.2, 0.25) is 0 Å². The maximum atomic E-state index is 6.16. The van der Waals surface area contributed by atoms with Crippen LogP contribution in [-0.4, -0.2) is 0 Å². The second-order valence-corrected chi connectivity index (χ2v) is 10.4. The Kier molecular flexibility index (Phi) is 3.51. The molecule has 1 nitrogen and oxygen atoms in total. The summed E-state index contributed by atoms with van der Waals surface area (Å²) in [7, 11) is 0. The highest BCUT2D eigenvalue weighted by Crippen LogP contribution is 2.63. The van der Waals surface area contributed by atoms with Crippen LogP contribution in [0.5, 0.6) is 0 Å². The quantitative estimate of drug-likeness (QED) is 0.601. The molecule has 2 N–H and O–H groups in total. The third kappa shape index (κ3) is 2.38. The van der Waals surface area contributed by atoms with Crippen molar-refractivity contribution in [3.8, 4) is 0 Å². The minimum Gasteiger partial charge on any atom is -0.326 e. The van der Waals surface area contributed by atoms with Crippen LogP contribution < -0.4 is 5.32 Å². The molecule has 0 spiro atoms. The third-order valence-corrected chi connectivity index (χ3v) is 8.32. The van der Waals surface area contributed by atoms with Crippen molar-refractivity contribution in [1.82, 2.24) is 0 Å². The van der Waals surface area contributed by atoms with Gasteiger partial charge in [-0.1, -0.05) is 72.3 Å². The Bertz CT molecular complexity index is 1120. The van der Waals surface area contributed by atoms with Gasteiger partial charge in [-0.3, -0.25) is 0 Å². The van der Waals surface area contributed by atoms with Gasteiger partial charge in [-0.15, -0.1) is 0 Å². The number of fused-ring (bicyclic) bond motifs is 9. The molecule has 0 saturated heterocycles. The second kappa shape index (κ2) is 5.74. The molecule has 1 aliphatic carbocycles. The molecule has 3 aromatic rings. The molecular formula is C27H27ClN+. The van der Waals surface area contributed by atoms with Gasteiger partial charge in [-0.2, -0.15) is 0 Å². The van der Waals surface area contributed by atoms with E-state index >= 15 is 0 Å². The molecule has 0 radical (unpaired) electrons. The molecule has 2 heteroatoms. The average molecular weight is 401 g/mol. The van der Waals surface area contributed by atoms with Gasteiger partial charge in [0.25, 0.3) is 0 Å². The van der Waals surface area contributed by atoms with Crippen LogP contribution in [0.1, 0.15) is 54.5 Å². The highest BCUT2D eigenvalue weighted by Gasteiger charge is 2.65. The SMILES string of the molecule is CC12CC3CC3(Cc3ccc(Cl)cc3)c3ccccc3C(C)([NH2+]1)c1ccccc12. The molecule has 0 amide bonds. The first-order chi connectivity index (χ1) is 13.9. The fraction of sp³-hybridized carbons (Fsp3) is 0.333. The molecule has 4 atom stereocenters. The highest BCUT2D eigenvalue weighted by atomic mass is 35.5. The fourth-order valence-electron chi connectivity index (χ4n) is 6.76. The maximum absolute atomic E-state index is 6.16. The molecule has 6 rings (SSSR count). The minimum absolute atomic E-state index is 0.0253. The first-order valence-corrected chi connectivity index (χ1v) is 11.1. The summed E-state index contributed by atoms with van der Waals surface area (Å²) in [6, 6.07) is 26.9. The van der Waals surface area contributed by atoms with Crippen molar-refractivity contribution < 1.29 is 5.32 Å². The van der Waals surface area contributed by atoms with Crippen LogP contribution in [0, 0.1) is 5.92 Å². The van der Waals surface area contributed by atoms with Crippen LogP contribution in [0.4, 0.5) is 0 Å². The molecule has 2 bridgehead atoms.